The molecule has 0 saturated heterocycles. The Morgan fingerprint density at radius 3 is 2.48 bits per heavy atom. The summed E-state index contributed by atoms with van der Waals surface area (Å²) in [7, 11) is -4.24. The van der Waals surface area contributed by atoms with Crippen LogP contribution in [0.3, 0.4) is 0 Å². The Bertz CT molecular complexity index is 741. The fraction of sp³-hybridized carbons (Fsp3) is 0.167. The van der Waals surface area contributed by atoms with Crippen molar-refractivity contribution < 1.29 is 21.6 Å². The molecule has 21 heavy (non-hydrogen) atoms. The van der Waals surface area contributed by atoms with Gasteiger partial charge in [0.2, 0.25) is 10.0 Å². The molecule has 1 aromatic carbocycles. The summed E-state index contributed by atoms with van der Waals surface area (Å²) in [6, 6.07) is 5.79. The van der Waals surface area contributed by atoms with Crippen LogP contribution >= 0.6 is 27.3 Å². The molecule has 3 nitrogen and oxygen atoms in total. The molecule has 9 heteroatoms. The first-order chi connectivity index (χ1) is 9.70. The van der Waals surface area contributed by atoms with Crippen LogP contribution < -0.4 is 4.72 Å². The van der Waals surface area contributed by atoms with E-state index in [2.05, 4.69) is 20.7 Å². The molecule has 114 valence electrons. The predicted octanol–water partition coefficient (Wildman–Crippen LogP) is 4.01. The van der Waals surface area contributed by atoms with E-state index < -0.39 is 26.7 Å². The van der Waals surface area contributed by atoms with E-state index in [4.69, 9.17) is 0 Å². The highest BCUT2D eigenvalue weighted by atomic mass is 79.9. The van der Waals surface area contributed by atoms with Crippen LogP contribution in [0.1, 0.15) is 10.4 Å². The van der Waals surface area contributed by atoms with E-state index >= 15 is 0 Å². The average molecular weight is 400 g/mol. The topological polar surface area (TPSA) is 46.2 Å². The summed E-state index contributed by atoms with van der Waals surface area (Å²) in [5, 5.41) is 1.76. The third kappa shape index (κ3) is 4.06. The lowest BCUT2D eigenvalue weighted by molar-refractivity contribution is -0.139. The number of sulfonamides is 1. The number of benzene rings is 1. The molecule has 0 atom stereocenters. The van der Waals surface area contributed by atoms with Gasteiger partial charge in [-0.1, -0.05) is 12.1 Å². The van der Waals surface area contributed by atoms with E-state index in [0.717, 1.165) is 22.7 Å². The second-order valence-corrected chi connectivity index (χ2v) is 7.70. The summed E-state index contributed by atoms with van der Waals surface area (Å²) in [5.41, 5.74) is -1.18. The molecule has 1 heterocycles. The summed E-state index contributed by atoms with van der Waals surface area (Å²) in [6.45, 7) is -0.0647. The number of nitrogens with one attached hydrogen (secondary N) is 1. The van der Waals surface area contributed by atoms with Crippen LogP contribution in [0.25, 0.3) is 0 Å². The zero-order valence-corrected chi connectivity index (χ0v) is 13.5. The summed E-state index contributed by atoms with van der Waals surface area (Å²) in [6.07, 6.45) is -4.72. The molecule has 0 radical (unpaired) electrons. The highest BCUT2D eigenvalue weighted by Crippen LogP contribution is 2.34. The molecule has 2 rings (SSSR count). The van der Waals surface area contributed by atoms with Gasteiger partial charge in [0, 0.05) is 21.3 Å². The van der Waals surface area contributed by atoms with Crippen molar-refractivity contribution >= 4 is 37.3 Å². The summed E-state index contributed by atoms with van der Waals surface area (Å²) < 4.78 is 65.6. The van der Waals surface area contributed by atoms with E-state index in [-0.39, 0.29) is 6.54 Å². The van der Waals surface area contributed by atoms with E-state index in [1.807, 2.05) is 0 Å². The van der Waals surface area contributed by atoms with Crippen LogP contribution in [0.4, 0.5) is 13.2 Å². The van der Waals surface area contributed by atoms with Crippen LogP contribution in [-0.4, -0.2) is 8.42 Å². The molecule has 1 N–H and O–H groups in total. The Morgan fingerprint density at radius 2 is 1.90 bits per heavy atom. The molecule has 0 saturated carbocycles. The van der Waals surface area contributed by atoms with Crippen molar-refractivity contribution in [3.63, 3.8) is 0 Å². The zero-order valence-electron chi connectivity index (χ0n) is 10.3. The standard InChI is InChI=1S/C12H9BrF3NO2S2/c13-8-5-9(20-7-8)6-17-21(18,19)11-4-2-1-3-10(11)12(14,15)16/h1-5,7,17H,6H2. The van der Waals surface area contributed by atoms with Crippen LogP contribution in [0, 0.1) is 0 Å². The van der Waals surface area contributed by atoms with Gasteiger partial charge in [0.1, 0.15) is 0 Å². The number of alkyl halides is 3. The predicted molar refractivity (Wildman–Crippen MR) is 77.5 cm³/mol. The first-order valence-electron chi connectivity index (χ1n) is 5.59. The third-order valence-corrected chi connectivity index (χ3v) is 5.70. The maximum Gasteiger partial charge on any atom is 0.417 e. The van der Waals surface area contributed by atoms with Gasteiger partial charge in [-0.15, -0.1) is 11.3 Å². The van der Waals surface area contributed by atoms with Gasteiger partial charge in [-0.3, -0.25) is 0 Å². The van der Waals surface area contributed by atoms with Gasteiger partial charge < -0.3 is 0 Å². The largest absolute Gasteiger partial charge is 0.417 e. The molecule has 0 bridgehead atoms. The minimum absolute atomic E-state index is 0.0647. The number of thiophene rings is 1. The normalized spacial score (nSPS) is 12.6. The minimum atomic E-state index is -4.72. The fourth-order valence-corrected chi connectivity index (χ4v) is 4.34. The van der Waals surface area contributed by atoms with Crippen molar-refractivity contribution in [3.8, 4) is 0 Å². The van der Waals surface area contributed by atoms with Gasteiger partial charge in [-0.25, -0.2) is 13.1 Å². The van der Waals surface area contributed by atoms with Crippen molar-refractivity contribution in [2.24, 2.45) is 0 Å². The Balaban J connectivity index is 2.28. The van der Waals surface area contributed by atoms with Crippen molar-refractivity contribution in [2.75, 3.05) is 0 Å². The molecular formula is C12H9BrF3NO2S2. The van der Waals surface area contributed by atoms with Gasteiger partial charge in [-0.2, -0.15) is 13.2 Å². The monoisotopic (exact) mass is 399 g/mol. The van der Waals surface area contributed by atoms with E-state index in [9.17, 15) is 21.6 Å². The lowest BCUT2D eigenvalue weighted by atomic mass is 10.2. The maximum absolute atomic E-state index is 12.8. The first kappa shape index (κ1) is 16.5. The SMILES string of the molecule is O=S(=O)(NCc1cc(Br)cs1)c1ccccc1C(F)(F)F. The fourth-order valence-electron chi connectivity index (χ4n) is 1.63. The molecule has 0 spiro atoms. The second kappa shape index (κ2) is 6.07. The van der Waals surface area contributed by atoms with Crippen molar-refractivity contribution in [1.82, 2.24) is 4.72 Å². The molecule has 0 amide bonds. The van der Waals surface area contributed by atoms with Crippen molar-refractivity contribution in [3.05, 3.63) is 50.6 Å². The van der Waals surface area contributed by atoms with Gasteiger partial charge >= 0.3 is 6.18 Å². The molecule has 1 aromatic heterocycles. The summed E-state index contributed by atoms with van der Waals surface area (Å²) >= 11 is 4.52. The summed E-state index contributed by atoms with van der Waals surface area (Å²) in [5.74, 6) is 0. The molecule has 2 aromatic rings. The lowest BCUT2D eigenvalue weighted by Gasteiger charge is -2.13. The van der Waals surface area contributed by atoms with Gasteiger partial charge in [0.05, 0.1) is 10.5 Å². The molecule has 0 aliphatic heterocycles. The number of rotatable bonds is 4. The van der Waals surface area contributed by atoms with Gasteiger partial charge in [-0.05, 0) is 34.1 Å². The Morgan fingerprint density at radius 1 is 1.24 bits per heavy atom. The quantitative estimate of drug-likeness (QED) is 0.843. The van der Waals surface area contributed by atoms with Crippen LogP contribution in [0.2, 0.25) is 0 Å². The minimum Gasteiger partial charge on any atom is -0.207 e. The van der Waals surface area contributed by atoms with Gasteiger partial charge in [0.25, 0.3) is 0 Å². The number of halogens is 4. The average Bonchev–Trinajstić information content (AvgIpc) is 2.82. The van der Waals surface area contributed by atoms with Gasteiger partial charge in [0.15, 0.2) is 0 Å². The Kier molecular flexibility index (Phi) is 4.76. The number of hydrogen-bond donors (Lipinski definition) is 1. The second-order valence-electron chi connectivity index (χ2n) is 4.05. The third-order valence-electron chi connectivity index (χ3n) is 2.54. The maximum atomic E-state index is 12.8. The van der Waals surface area contributed by atoms with Crippen LogP contribution in [0.15, 0.2) is 45.1 Å². The van der Waals surface area contributed by atoms with Crippen LogP contribution in [-0.2, 0) is 22.7 Å². The van der Waals surface area contributed by atoms with E-state index in [1.165, 1.54) is 17.4 Å². The highest BCUT2D eigenvalue weighted by molar-refractivity contribution is 9.10. The van der Waals surface area contributed by atoms with E-state index in [1.54, 1.807) is 11.4 Å². The molecule has 0 unspecified atom stereocenters. The molecule has 0 aliphatic carbocycles. The van der Waals surface area contributed by atoms with Crippen molar-refractivity contribution in [1.29, 1.82) is 0 Å². The Hall–Kier alpha value is -0.900. The van der Waals surface area contributed by atoms with Crippen molar-refractivity contribution in [2.45, 2.75) is 17.6 Å². The summed E-state index contributed by atoms with van der Waals surface area (Å²) in [4.78, 5) is -0.0805. The molecule has 0 aliphatic rings. The smallest absolute Gasteiger partial charge is 0.207 e. The molecular weight excluding hydrogens is 391 g/mol. The lowest BCUT2D eigenvalue weighted by Crippen LogP contribution is -2.25. The van der Waals surface area contributed by atoms with E-state index in [0.29, 0.717) is 4.88 Å². The molecule has 0 fully saturated rings. The number of hydrogen-bond acceptors (Lipinski definition) is 3. The highest BCUT2D eigenvalue weighted by Gasteiger charge is 2.36. The first-order valence-corrected chi connectivity index (χ1v) is 8.74. The zero-order chi connectivity index (χ0) is 15.7. The Labute approximate surface area is 132 Å². The van der Waals surface area contributed by atoms with Crippen LogP contribution in [0.5, 0.6) is 0 Å².